The van der Waals surface area contributed by atoms with Crippen LogP contribution in [0.1, 0.15) is 54.5 Å². The molecule has 5 heteroatoms. The lowest BCUT2D eigenvalue weighted by Crippen LogP contribution is -2.47. The monoisotopic (exact) mass is 306 g/mol. The number of aryl methyl sites for hydroxylation is 1. The van der Waals surface area contributed by atoms with E-state index in [1.165, 1.54) is 0 Å². The van der Waals surface area contributed by atoms with Gasteiger partial charge in [0.2, 0.25) is 0 Å². The largest absolute Gasteiger partial charge is 0.347 e. The zero-order valence-corrected chi connectivity index (χ0v) is 14.0. The van der Waals surface area contributed by atoms with E-state index in [1.54, 1.807) is 0 Å². The summed E-state index contributed by atoms with van der Waals surface area (Å²) in [6, 6.07) is 2.39. The quantitative estimate of drug-likeness (QED) is 0.844. The van der Waals surface area contributed by atoms with E-state index < -0.39 is 5.79 Å². The van der Waals surface area contributed by atoms with Crippen LogP contribution in [-0.2, 0) is 9.47 Å². The van der Waals surface area contributed by atoms with Crippen LogP contribution in [0.3, 0.4) is 0 Å². The molecule has 2 aliphatic rings. The summed E-state index contributed by atoms with van der Waals surface area (Å²) in [6.45, 7) is 11.1. The van der Waals surface area contributed by atoms with Gasteiger partial charge in [-0.25, -0.2) is 0 Å². The van der Waals surface area contributed by atoms with Gasteiger partial charge in [-0.15, -0.1) is 0 Å². The van der Waals surface area contributed by atoms with Gasteiger partial charge in [0.05, 0.1) is 18.8 Å². The van der Waals surface area contributed by atoms with Crippen molar-refractivity contribution in [1.29, 1.82) is 0 Å². The van der Waals surface area contributed by atoms with Gasteiger partial charge >= 0.3 is 0 Å². The summed E-state index contributed by atoms with van der Waals surface area (Å²) in [5.41, 5.74) is 3.04. The van der Waals surface area contributed by atoms with Crippen molar-refractivity contribution in [3.8, 4) is 0 Å². The Balaban J connectivity index is 1.74. The Morgan fingerprint density at radius 1 is 1.18 bits per heavy atom. The number of rotatable bonds is 2. The molecule has 1 aromatic heterocycles. The molecule has 2 saturated heterocycles. The molecule has 1 aromatic rings. The third-order valence-corrected chi connectivity index (χ3v) is 4.86. The van der Waals surface area contributed by atoms with Crippen LogP contribution in [-0.4, -0.2) is 47.5 Å². The Labute approximate surface area is 132 Å². The molecule has 1 spiro atoms. The van der Waals surface area contributed by atoms with Crippen LogP contribution in [0.5, 0.6) is 0 Å². The molecule has 0 atom stereocenters. The van der Waals surface area contributed by atoms with E-state index in [2.05, 4.69) is 25.3 Å². The molecule has 0 radical (unpaired) electrons. The van der Waals surface area contributed by atoms with Gasteiger partial charge in [-0.2, -0.15) is 0 Å². The van der Waals surface area contributed by atoms with Crippen LogP contribution < -0.4 is 0 Å². The SMILES string of the molecule is Cc1cc(C(=O)N2CCC3(CC2)OCCO3)c(C)n1C(C)C. The summed E-state index contributed by atoms with van der Waals surface area (Å²) < 4.78 is 13.7. The van der Waals surface area contributed by atoms with Crippen molar-refractivity contribution >= 4 is 5.91 Å². The van der Waals surface area contributed by atoms with E-state index in [9.17, 15) is 4.79 Å². The smallest absolute Gasteiger partial charge is 0.255 e. The third kappa shape index (κ3) is 2.57. The summed E-state index contributed by atoms with van der Waals surface area (Å²) in [7, 11) is 0. The molecule has 0 N–H and O–H groups in total. The molecule has 122 valence electrons. The highest BCUT2D eigenvalue weighted by atomic mass is 16.7. The van der Waals surface area contributed by atoms with Gasteiger partial charge in [-0.3, -0.25) is 4.79 Å². The Morgan fingerprint density at radius 2 is 1.77 bits per heavy atom. The zero-order chi connectivity index (χ0) is 15.9. The maximum absolute atomic E-state index is 12.8. The second kappa shape index (κ2) is 5.70. The second-order valence-corrected chi connectivity index (χ2v) is 6.65. The molecule has 22 heavy (non-hydrogen) atoms. The average molecular weight is 306 g/mol. The van der Waals surface area contributed by atoms with Crippen molar-refractivity contribution in [1.82, 2.24) is 9.47 Å². The molecule has 0 aliphatic carbocycles. The van der Waals surface area contributed by atoms with Gasteiger partial charge in [0.1, 0.15) is 0 Å². The molecule has 0 saturated carbocycles. The number of nitrogens with zero attached hydrogens (tertiary/aromatic N) is 2. The van der Waals surface area contributed by atoms with Crippen molar-refractivity contribution in [2.24, 2.45) is 0 Å². The Hall–Kier alpha value is -1.33. The van der Waals surface area contributed by atoms with E-state index in [0.29, 0.717) is 32.3 Å². The lowest BCUT2D eigenvalue weighted by molar-refractivity contribution is -0.181. The van der Waals surface area contributed by atoms with Crippen molar-refractivity contribution in [2.45, 2.75) is 52.4 Å². The minimum atomic E-state index is -0.425. The van der Waals surface area contributed by atoms with Crippen molar-refractivity contribution in [3.05, 3.63) is 23.0 Å². The number of carbonyl (C=O) groups is 1. The normalized spacial score (nSPS) is 21.0. The highest BCUT2D eigenvalue weighted by Gasteiger charge is 2.41. The first-order valence-electron chi connectivity index (χ1n) is 8.19. The molecule has 0 unspecified atom stereocenters. The maximum Gasteiger partial charge on any atom is 0.255 e. The van der Waals surface area contributed by atoms with Gasteiger partial charge < -0.3 is 18.9 Å². The maximum atomic E-state index is 12.8. The summed E-state index contributed by atoms with van der Waals surface area (Å²) in [5, 5.41) is 0. The van der Waals surface area contributed by atoms with Crippen molar-refractivity contribution in [3.63, 3.8) is 0 Å². The Bertz CT molecular complexity index is 561. The fraction of sp³-hybridized carbons (Fsp3) is 0.706. The molecular weight excluding hydrogens is 280 g/mol. The van der Waals surface area contributed by atoms with Gasteiger partial charge in [0, 0.05) is 43.4 Å². The number of hydrogen-bond acceptors (Lipinski definition) is 3. The van der Waals surface area contributed by atoms with Gasteiger partial charge in [-0.1, -0.05) is 0 Å². The van der Waals surface area contributed by atoms with Gasteiger partial charge in [-0.05, 0) is 33.8 Å². The first kappa shape index (κ1) is 15.6. The van der Waals surface area contributed by atoms with E-state index in [4.69, 9.17) is 9.47 Å². The minimum Gasteiger partial charge on any atom is -0.347 e. The number of likely N-dealkylation sites (tertiary alicyclic amines) is 1. The lowest BCUT2D eigenvalue weighted by atomic mass is 10.0. The average Bonchev–Trinajstić information content (AvgIpc) is 3.04. The van der Waals surface area contributed by atoms with E-state index in [0.717, 1.165) is 29.8 Å². The van der Waals surface area contributed by atoms with Gasteiger partial charge in [0.25, 0.3) is 5.91 Å². The molecule has 3 heterocycles. The molecule has 0 aromatic carbocycles. The summed E-state index contributed by atoms with van der Waals surface area (Å²) in [6.07, 6.45) is 1.53. The first-order valence-corrected chi connectivity index (χ1v) is 8.19. The molecular formula is C17H26N2O3. The van der Waals surface area contributed by atoms with Crippen molar-refractivity contribution < 1.29 is 14.3 Å². The summed E-state index contributed by atoms with van der Waals surface area (Å²) >= 11 is 0. The van der Waals surface area contributed by atoms with E-state index >= 15 is 0 Å². The fourth-order valence-electron chi connectivity index (χ4n) is 3.79. The summed E-state index contributed by atoms with van der Waals surface area (Å²) in [4.78, 5) is 14.8. The van der Waals surface area contributed by atoms with Gasteiger partial charge in [0.15, 0.2) is 5.79 Å². The van der Waals surface area contributed by atoms with Crippen molar-refractivity contribution in [2.75, 3.05) is 26.3 Å². The predicted octanol–water partition coefficient (Wildman–Crippen LogP) is 2.66. The highest BCUT2D eigenvalue weighted by Crippen LogP contribution is 2.32. The predicted molar refractivity (Wildman–Crippen MR) is 84.1 cm³/mol. The Kier molecular flexibility index (Phi) is 4.03. The molecule has 2 fully saturated rings. The molecule has 1 amide bonds. The lowest BCUT2D eigenvalue weighted by Gasteiger charge is -2.37. The third-order valence-electron chi connectivity index (χ3n) is 4.86. The van der Waals surface area contributed by atoms with E-state index in [-0.39, 0.29) is 5.91 Å². The Morgan fingerprint density at radius 3 is 2.27 bits per heavy atom. The number of amides is 1. The molecule has 3 rings (SSSR count). The number of piperidine rings is 1. The fourth-order valence-corrected chi connectivity index (χ4v) is 3.79. The number of aromatic nitrogens is 1. The number of carbonyl (C=O) groups excluding carboxylic acids is 1. The second-order valence-electron chi connectivity index (χ2n) is 6.65. The standard InChI is InChI=1S/C17H26N2O3/c1-12(2)19-13(3)11-15(14(19)4)16(20)18-7-5-17(6-8-18)21-9-10-22-17/h11-12H,5-10H2,1-4H3. The molecule has 2 aliphatic heterocycles. The minimum absolute atomic E-state index is 0.132. The van der Waals surface area contributed by atoms with Crippen LogP contribution in [0.4, 0.5) is 0 Å². The molecule has 0 bridgehead atoms. The first-order chi connectivity index (χ1) is 10.4. The van der Waals surface area contributed by atoms with Crippen LogP contribution >= 0.6 is 0 Å². The van der Waals surface area contributed by atoms with Crippen LogP contribution in [0.2, 0.25) is 0 Å². The van der Waals surface area contributed by atoms with Crippen LogP contribution in [0.15, 0.2) is 6.07 Å². The van der Waals surface area contributed by atoms with Crippen LogP contribution in [0, 0.1) is 13.8 Å². The van der Waals surface area contributed by atoms with Crippen LogP contribution in [0.25, 0.3) is 0 Å². The highest BCUT2D eigenvalue weighted by molar-refractivity contribution is 5.95. The molecule has 5 nitrogen and oxygen atoms in total. The number of ether oxygens (including phenoxy) is 2. The number of hydrogen-bond donors (Lipinski definition) is 0. The van der Waals surface area contributed by atoms with E-state index in [1.807, 2.05) is 17.9 Å². The summed E-state index contributed by atoms with van der Waals surface area (Å²) in [5.74, 6) is -0.293. The topological polar surface area (TPSA) is 43.7 Å². The zero-order valence-electron chi connectivity index (χ0n) is 14.0.